The van der Waals surface area contributed by atoms with Crippen LogP contribution in [-0.2, 0) is 0 Å². The lowest BCUT2D eigenvalue weighted by molar-refractivity contribution is 0.593. The van der Waals surface area contributed by atoms with Gasteiger partial charge in [0.05, 0.1) is 11.0 Å². The Labute approximate surface area is 98.9 Å². The first-order valence-electron chi connectivity index (χ1n) is 5.40. The second-order valence-electron chi connectivity index (χ2n) is 3.81. The fraction of sp³-hybridized carbons (Fsp3) is 0.250. The van der Waals surface area contributed by atoms with E-state index in [9.17, 15) is 0 Å². The van der Waals surface area contributed by atoms with Gasteiger partial charge in [0.1, 0.15) is 0 Å². The number of nitrogens with zero attached hydrogens (tertiary/aromatic N) is 3. The van der Waals surface area contributed by atoms with E-state index in [4.69, 9.17) is 0 Å². The number of aromatic nitrogens is 2. The Morgan fingerprint density at radius 2 is 2.12 bits per heavy atom. The van der Waals surface area contributed by atoms with Gasteiger partial charge in [-0.25, -0.2) is 4.98 Å². The summed E-state index contributed by atoms with van der Waals surface area (Å²) < 4.78 is 4.42. The van der Waals surface area contributed by atoms with Crippen molar-refractivity contribution in [2.45, 2.75) is 19.0 Å². The quantitative estimate of drug-likeness (QED) is 0.703. The molecule has 0 N–H and O–H groups in total. The topological polar surface area (TPSA) is 21.1 Å². The summed E-state index contributed by atoms with van der Waals surface area (Å²) in [7, 11) is 0. The monoisotopic (exact) mass is 231 g/mol. The van der Waals surface area contributed by atoms with Gasteiger partial charge >= 0.3 is 0 Å². The molecule has 0 saturated heterocycles. The summed E-state index contributed by atoms with van der Waals surface area (Å²) >= 11 is 1.71. The van der Waals surface area contributed by atoms with E-state index in [1.165, 1.54) is 11.2 Å². The van der Waals surface area contributed by atoms with Crippen molar-refractivity contribution < 1.29 is 0 Å². The molecule has 0 unspecified atom stereocenters. The van der Waals surface area contributed by atoms with Gasteiger partial charge in [-0.05, 0) is 26.0 Å². The molecule has 1 aromatic carbocycles. The highest BCUT2D eigenvalue weighted by Gasteiger charge is 2.18. The van der Waals surface area contributed by atoms with Crippen molar-refractivity contribution in [3.8, 4) is 0 Å². The minimum absolute atomic E-state index is 0.996. The lowest BCUT2D eigenvalue weighted by Gasteiger charge is -2.25. The minimum Gasteiger partial charge on any atom is -0.313 e. The zero-order chi connectivity index (χ0) is 11.1. The third kappa shape index (κ3) is 1.33. The summed E-state index contributed by atoms with van der Waals surface area (Å²) in [6.45, 7) is 5.28. The van der Waals surface area contributed by atoms with Crippen LogP contribution in [0.3, 0.4) is 0 Å². The smallest absolute Gasteiger partial charge is 0.194 e. The molecule has 3 nitrogen and oxygen atoms in total. The molecule has 0 bridgehead atoms. The summed E-state index contributed by atoms with van der Waals surface area (Å²) in [5.74, 6) is 0. The van der Waals surface area contributed by atoms with Crippen molar-refractivity contribution >= 4 is 29.2 Å². The van der Waals surface area contributed by atoms with Crippen LogP contribution in [0.25, 0.3) is 17.2 Å². The molecule has 0 spiro atoms. The number of para-hydroxylation sites is 2. The van der Waals surface area contributed by atoms with Gasteiger partial charge in [0.2, 0.25) is 0 Å². The molecule has 0 amide bonds. The van der Waals surface area contributed by atoms with E-state index in [2.05, 4.69) is 52.1 Å². The number of hydrogen-bond acceptors (Lipinski definition) is 3. The molecule has 0 saturated carbocycles. The number of rotatable bonds is 1. The summed E-state index contributed by atoms with van der Waals surface area (Å²) in [5, 5.41) is 1.05. The highest BCUT2D eigenvalue weighted by atomic mass is 32.2. The molecule has 16 heavy (non-hydrogen) atoms. The first-order chi connectivity index (χ1) is 7.79. The van der Waals surface area contributed by atoms with Crippen LogP contribution in [-0.4, -0.2) is 20.4 Å². The standard InChI is InChI=1S/C12H13N3S/c1-3-15-9(2)8-14-11-7-5-4-6-10(11)13-12(14)16-15/h4-8H,3H2,1-2H3. The van der Waals surface area contributed by atoms with Crippen molar-refractivity contribution in [3.05, 3.63) is 30.0 Å². The lowest BCUT2D eigenvalue weighted by Crippen LogP contribution is -2.17. The first-order valence-corrected chi connectivity index (χ1v) is 6.18. The number of allylic oxidation sites excluding steroid dienone is 1. The van der Waals surface area contributed by atoms with Crippen LogP contribution in [0.5, 0.6) is 0 Å². The predicted octanol–water partition coefficient (Wildman–Crippen LogP) is 3.20. The largest absolute Gasteiger partial charge is 0.313 e. The molecular weight excluding hydrogens is 218 g/mol. The Kier molecular flexibility index (Phi) is 2.17. The molecule has 1 aliphatic heterocycles. The Hall–Kier alpha value is -1.42. The fourth-order valence-corrected chi connectivity index (χ4v) is 2.84. The van der Waals surface area contributed by atoms with Crippen molar-refractivity contribution in [1.82, 2.24) is 13.9 Å². The predicted molar refractivity (Wildman–Crippen MR) is 67.9 cm³/mol. The lowest BCUT2D eigenvalue weighted by atomic mass is 10.3. The van der Waals surface area contributed by atoms with Gasteiger partial charge in [-0.1, -0.05) is 12.1 Å². The zero-order valence-electron chi connectivity index (χ0n) is 9.34. The Morgan fingerprint density at radius 3 is 2.94 bits per heavy atom. The SMILES string of the molecule is CCN1Sc2nc3ccccc3n2C=C1C. The summed E-state index contributed by atoms with van der Waals surface area (Å²) in [6.07, 6.45) is 2.16. The maximum absolute atomic E-state index is 4.63. The normalized spacial score (nSPS) is 15.1. The summed E-state index contributed by atoms with van der Waals surface area (Å²) in [4.78, 5) is 4.63. The van der Waals surface area contributed by atoms with Gasteiger partial charge in [0.25, 0.3) is 0 Å². The number of imidazole rings is 1. The molecular formula is C12H13N3S. The molecule has 1 aromatic heterocycles. The van der Waals surface area contributed by atoms with Gasteiger partial charge < -0.3 is 4.31 Å². The van der Waals surface area contributed by atoms with Crippen molar-refractivity contribution in [2.24, 2.45) is 0 Å². The second-order valence-corrected chi connectivity index (χ2v) is 4.80. The Bertz CT molecular complexity index is 571. The molecule has 0 radical (unpaired) electrons. The number of benzene rings is 1. The van der Waals surface area contributed by atoms with E-state index < -0.39 is 0 Å². The van der Waals surface area contributed by atoms with Crippen LogP contribution in [0.4, 0.5) is 0 Å². The first kappa shape index (κ1) is 9.78. The van der Waals surface area contributed by atoms with Gasteiger partial charge in [-0.2, -0.15) is 0 Å². The highest BCUT2D eigenvalue weighted by molar-refractivity contribution is 7.97. The maximum atomic E-state index is 4.63. The molecule has 3 rings (SSSR count). The molecule has 2 aromatic rings. The van der Waals surface area contributed by atoms with Crippen LogP contribution >= 0.6 is 11.9 Å². The zero-order valence-corrected chi connectivity index (χ0v) is 10.2. The van der Waals surface area contributed by atoms with Gasteiger partial charge in [0.15, 0.2) is 5.16 Å². The van der Waals surface area contributed by atoms with Crippen LogP contribution in [0, 0.1) is 0 Å². The van der Waals surface area contributed by atoms with Crippen molar-refractivity contribution in [2.75, 3.05) is 6.54 Å². The molecule has 2 heterocycles. The van der Waals surface area contributed by atoms with E-state index in [1.54, 1.807) is 11.9 Å². The van der Waals surface area contributed by atoms with Crippen LogP contribution in [0.15, 0.2) is 35.1 Å². The van der Waals surface area contributed by atoms with E-state index in [0.717, 1.165) is 17.2 Å². The molecule has 4 heteroatoms. The molecule has 0 atom stereocenters. The van der Waals surface area contributed by atoms with Crippen LogP contribution < -0.4 is 0 Å². The number of hydrogen-bond donors (Lipinski definition) is 0. The van der Waals surface area contributed by atoms with Gasteiger partial charge in [0, 0.05) is 30.4 Å². The van der Waals surface area contributed by atoms with Crippen molar-refractivity contribution in [1.29, 1.82) is 0 Å². The molecule has 0 aliphatic carbocycles. The third-order valence-corrected chi connectivity index (χ3v) is 3.97. The summed E-state index contributed by atoms with van der Waals surface area (Å²) in [5.41, 5.74) is 3.51. The van der Waals surface area contributed by atoms with E-state index in [-0.39, 0.29) is 0 Å². The molecule has 82 valence electrons. The van der Waals surface area contributed by atoms with E-state index in [0.29, 0.717) is 0 Å². The molecule has 1 aliphatic rings. The molecule has 0 fully saturated rings. The van der Waals surface area contributed by atoms with E-state index >= 15 is 0 Å². The fourth-order valence-electron chi connectivity index (χ4n) is 1.95. The van der Waals surface area contributed by atoms with E-state index in [1.807, 2.05) is 6.07 Å². The number of fused-ring (bicyclic) bond motifs is 3. The Morgan fingerprint density at radius 1 is 1.31 bits per heavy atom. The third-order valence-electron chi connectivity index (χ3n) is 2.75. The highest BCUT2D eigenvalue weighted by Crippen LogP contribution is 2.33. The maximum Gasteiger partial charge on any atom is 0.194 e. The second kappa shape index (κ2) is 3.56. The van der Waals surface area contributed by atoms with Gasteiger partial charge in [-0.15, -0.1) is 0 Å². The van der Waals surface area contributed by atoms with Crippen molar-refractivity contribution in [3.63, 3.8) is 0 Å². The van der Waals surface area contributed by atoms with Crippen LogP contribution in [0.2, 0.25) is 0 Å². The average molecular weight is 231 g/mol. The average Bonchev–Trinajstić information content (AvgIpc) is 2.66. The summed E-state index contributed by atoms with van der Waals surface area (Å²) in [6, 6.07) is 8.25. The van der Waals surface area contributed by atoms with Gasteiger partial charge in [-0.3, -0.25) is 4.57 Å². The Balaban J connectivity index is 2.22. The van der Waals surface area contributed by atoms with Crippen LogP contribution in [0.1, 0.15) is 13.8 Å². The minimum atomic E-state index is 0.996.